The molecule has 16 nitrogen and oxygen atoms in total. The third kappa shape index (κ3) is 11.8. The van der Waals surface area contributed by atoms with E-state index in [1.165, 1.54) is 16.7 Å². The second kappa shape index (κ2) is 22.2. The molecule has 2 amide bonds. The van der Waals surface area contributed by atoms with Crippen LogP contribution in [0.3, 0.4) is 0 Å². The van der Waals surface area contributed by atoms with Crippen LogP contribution in [0.1, 0.15) is 86.2 Å². The van der Waals surface area contributed by atoms with Crippen LogP contribution in [0, 0.1) is 18.3 Å². The summed E-state index contributed by atoms with van der Waals surface area (Å²) in [5, 5.41) is 7.58. The van der Waals surface area contributed by atoms with E-state index in [-0.39, 0.29) is 65.2 Å². The van der Waals surface area contributed by atoms with Gasteiger partial charge in [-0.25, -0.2) is 9.78 Å². The number of likely N-dealkylation sites (tertiary alicyclic amines) is 1. The lowest BCUT2D eigenvalue weighted by molar-refractivity contribution is -0.911. The lowest BCUT2D eigenvalue weighted by Gasteiger charge is -2.50. The standard InChI is InChI=1S/C50H58BClN6O10S2/c1-30-54-44(56-70-30)41(55-68-50(5,6)49(2,3)4)38(59)25-37-46(61)57-42(48(62)67-51)33(29-69-47(37)57)26-58(22-9-10-23-58)24-21-53-45(60)36-19-20-39(65-27-31-11-15-34(63-7)16-12-31)43(40(36)52)66-28-32-13-17-35(64-8)18-14-32/h11-20,37,47H,9-10,21-29H2,1-8H3/p+1/b55-41+/t37-,47-/m1/s1. The maximum Gasteiger partial charge on any atom is 0.378 e. The quantitative estimate of drug-likeness (QED) is 0.0284. The van der Waals surface area contributed by atoms with Gasteiger partial charge in [0.1, 0.15) is 47.6 Å². The molecular weight excluding hydrogens is 955 g/mol. The number of aryl methyl sites for hydroxylation is 1. The van der Waals surface area contributed by atoms with Crippen molar-refractivity contribution in [2.24, 2.45) is 16.5 Å². The molecule has 3 aliphatic rings. The van der Waals surface area contributed by atoms with Crippen molar-refractivity contribution in [3.8, 4) is 23.0 Å². The monoisotopic (exact) mass is 1010 g/mol. The van der Waals surface area contributed by atoms with Gasteiger partial charge in [-0.05, 0) is 79.8 Å². The molecule has 70 heavy (non-hydrogen) atoms. The average molecular weight is 1010 g/mol. The van der Waals surface area contributed by atoms with E-state index in [9.17, 15) is 19.2 Å². The number of hydrogen-bond donors (Lipinski definition) is 1. The van der Waals surface area contributed by atoms with Gasteiger partial charge in [0.15, 0.2) is 28.8 Å². The second-order valence-electron chi connectivity index (χ2n) is 19.1. The van der Waals surface area contributed by atoms with Crippen LogP contribution in [0.25, 0.3) is 0 Å². The fourth-order valence-electron chi connectivity index (χ4n) is 8.28. The lowest BCUT2D eigenvalue weighted by Crippen LogP contribution is -2.63. The smallest absolute Gasteiger partial charge is 0.378 e. The Kier molecular flexibility index (Phi) is 16.6. The molecule has 370 valence electrons. The van der Waals surface area contributed by atoms with Gasteiger partial charge in [-0.3, -0.25) is 19.3 Å². The van der Waals surface area contributed by atoms with Gasteiger partial charge in [0, 0.05) is 36.0 Å². The molecule has 0 saturated carbocycles. The largest absolute Gasteiger partial charge is 0.539 e. The van der Waals surface area contributed by atoms with Crippen molar-refractivity contribution in [1.29, 1.82) is 0 Å². The Labute approximate surface area is 423 Å². The number of fused-ring (bicyclic) bond motifs is 1. The minimum absolute atomic E-state index is 0.0633. The average Bonchev–Trinajstić information content (AvgIpc) is 4.00. The predicted octanol–water partition coefficient (Wildman–Crippen LogP) is 7.63. The number of aromatic nitrogens is 2. The molecule has 3 aromatic carbocycles. The highest BCUT2D eigenvalue weighted by atomic mass is 35.5. The van der Waals surface area contributed by atoms with E-state index in [0.717, 1.165) is 54.3 Å². The Morgan fingerprint density at radius 1 is 0.929 bits per heavy atom. The molecule has 2 atom stereocenters. The second-order valence-corrected chi connectivity index (χ2v) is 21.5. The van der Waals surface area contributed by atoms with Gasteiger partial charge in [0.05, 0.1) is 62.3 Å². The summed E-state index contributed by atoms with van der Waals surface area (Å²) in [6.45, 7) is 14.7. The van der Waals surface area contributed by atoms with E-state index >= 15 is 0 Å². The molecular formula is C50H59BClN6O10S2+. The molecule has 0 aliphatic carbocycles. The highest BCUT2D eigenvalue weighted by molar-refractivity contribution is 8.00. The van der Waals surface area contributed by atoms with E-state index in [2.05, 4.69) is 19.8 Å². The predicted molar refractivity (Wildman–Crippen MR) is 268 cm³/mol. The van der Waals surface area contributed by atoms with E-state index < -0.39 is 40.5 Å². The number of carbonyl (C=O) groups excluding carboxylic acids is 4. The first kappa shape index (κ1) is 52.2. The number of nitrogens with zero attached hydrogens (tertiary/aromatic N) is 5. The number of halogens is 1. The van der Waals surface area contributed by atoms with Gasteiger partial charge in [-0.2, -0.15) is 4.37 Å². The highest BCUT2D eigenvalue weighted by Crippen LogP contribution is 2.46. The van der Waals surface area contributed by atoms with Gasteiger partial charge in [-0.15, -0.1) is 11.8 Å². The summed E-state index contributed by atoms with van der Waals surface area (Å²) < 4.78 is 32.7. The minimum Gasteiger partial charge on any atom is -0.539 e. The number of Topliss-reactive ketones (excluding diaryl/α,β-unsaturated/α-hetero) is 1. The Balaban J connectivity index is 1.04. The van der Waals surface area contributed by atoms with Crippen molar-refractivity contribution in [1.82, 2.24) is 19.6 Å². The summed E-state index contributed by atoms with van der Waals surface area (Å²) in [5.74, 6) is -0.277. The van der Waals surface area contributed by atoms with E-state index in [4.69, 9.17) is 48.1 Å². The molecule has 3 aliphatic heterocycles. The molecule has 2 radical (unpaired) electrons. The fraction of sp³-hybridized carbons (Fsp3) is 0.460. The Morgan fingerprint density at radius 2 is 1.56 bits per heavy atom. The van der Waals surface area contributed by atoms with Gasteiger partial charge in [-0.1, -0.05) is 61.8 Å². The van der Waals surface area contributed by atoms with E-state index in [1.807, 2.05) is 83.1 Å². The number of hydrogen-bond acceptors (Lipinski definition) is 15. The fourth-order valence-corrected chi connectivity index (χ4v) is 10.5. The molecule has 4 heterocycles. The summed E-state index contributed by atoms with van der Waals surface area (Å²) in [6.07, 6.45) is 1.68. The van der Waals surface area contributed by atoms with Crippen LogP contribution in [0.2, 0.25) is 5.02 Å². The number of quaternary nitrogens is 1. The Hall–Kier alpha value is -5.63. The molecule has 0 bridgehead atoms. The van der Waals surface area contributed by atoms with Crippen molar-refractivity contribution in [2.45, 2.75) is 85.0 Å². The number of nitrogens with one attached hydrogen (secondary N) is 1. The third-order valence-corrected chi connectivity index (χ3v) is 15.7. The number of ketones is 1. The van der Waals surface area contributed by atoms with Crippen LogP contribution in [-0.2, 0) is 37.1 Å². The lowest BCUT2D eigenvalue weighted by atomic mass is 9.79. The van der Waals surface area contributed by atoms with Crippen molar-refractivity contribution in [3.63, 3.8) is 0 Å². The normalized spacial score (nSPS) is 17.9. The summed E-state index contributed by atoms with van der Waals surface area (Å²) in [7, 11) is 8.71. The number of amides is 2. The van der Waals surface area contributed by atoms with Crippen LogP contribution >= 0.6 is 34.9 Å². The topological polar surface area (TPSA) is 177 Å². The maximum atomic E-state index is 14.0. The van der Waals surface area contributed by atoms with Gasteiger partial charge in [0.2, 0.25) is 5.91 Å². The maximum absolute atomic E-state index is 14.0. The number of benzene rings is 3. The van der Waals surface area contributed by atoms with Crippen LogP contribution < -0.4 is 24.3 Å². The minimum atomic E-state index is -0.831. The third-order valence-electron chi connectivity index (χ3n) is 13.4. The molecule has 0 unspecified atom stereocenters. The SMILES string of the molecule is [B]OC(=O)C1=C(C[N+]2(CCNC(=O)c3ccc(OCc4ccc(OC)cc4)c(OCc4ccc(OC)cc4)c3Cl)CCCC2)CS[C@@H]2[C@H](CC(=O)/C(=N\OC(C)(C)C(C)(C)C)c3nsc(C)n3)C(=O)N12. The summed E-state index contributed by atoms with van der Waals surface area (Å²) in [6, 6.07) is 18.2. The first-order valence-corrected chi connectivity index (χ1v) is 25.2. The number of ether oxygens (including phenoxy) is 4. The molecule has 2 saturated heterocycles. The van der Waals surface area contributed by atoms with Crippen LogP contribution in [0.5, 0.6) is 23.0 Å². The molecule has 20 heteroatoms. The number of thioether (sulfide) groups is 1. The summed E-state index contributed by atoms with van der Waals surface area (Å²) in [5.41, 5.74) is 1.62. The summed E-state index contributed by atoms with van der Waals surface area (Å²) in [4.78, 5) is 67.2. The van der Waals surface area contributed by atoms with Gasteiger partial charge < -0.3 is 38.2 Å². The van der Waals surface area contributed by atoms with Crippen molar-refractivity contribution >= 4 is 72.2 Å². The van der Waals surface area contributed by atoms with Crippen molar-refractivity contribution < 1.29 is 52.1 Å². The molecule has 0 spiro atoms. The Bertz CT molecular complexity index is 2630. The zero-order valence-corrected chi connectivity index (χ0v) is 43.2. The Morgan fingerprint density at radius 3 is 2.13 bits per heavy atom. The zero-order valence-electron chi connectivity index (χ0n) is 40.8. The van der Waals surface area contributed by atoms with E-state index in [1.54, 1.807) is 33.3 Å². The van der Waals surface area contributed by atoms with Crippen molar-refractivity contribution in [2.75, 3.05) is 52.7 Å². The number of carbonyl (C=O) groups is 4. The first-order valence-electron chi connectivity index (χ1n) is 23.0. The number of β-lactam (4-membered cyclic amide) rings is 1. The molecule has 7 rings (SSSR count). The molecule has 4 aromatic rings. The zero-order chi connectivity index (χ0) is 50.4. The molecule has 1 aromatic heterocycles. The van der Waals surface area contributed by atoms with Crippen LogP contribution in [-0.4, -0.2) is 120 Å². The van der Waals surface area contributed by atoms with E-state index in [0.29, 0.717) is 45.4 Å². The highest BCUT2D eigenvalue weighted by Gasteiger charge is 2.55. The van der Waals surface area contributed by atoms with Crippen LogP contribution in [0.4, 0.5) is 0 Å². The van der Waals surface area contributed by atoms with Crippen molar-refractivity contribution in [3.05, 3.63) is 104 Å². The number of rotatable bonds is 21. The van der Waals surface area contributed by atoms with Crippen LogP contribution in [0.15, 0.2) is 77.1 Å². The molecule has 1 N–H and O–H groups in total. The van der Waals surface area contributed by atoms with Gasteiger partial charge >= 0.3 is 14.0 Å². The number of methoxy groups -OCH3 is 2. The first-order chi connectivity index (χ1) is 33.4. The summed E-state index contributed by atoms with van der Waals surface area (Å²) >= 11 is 9.61. The van der Waals surface area contributed by atoms with Gasteiger partial charge in [0.25, 0.3) is 5.91 Å². The molecule has 2 fully saturated rings. The number of oxime groups is 1.